The summed E-state index contributed by atoms with van der Waals surface area (Å²) in [5.74, 6) is 0.493. The van der Waals surface area contributed by atoms with E-state index in [1.807, 2.05) is 12.2 Å². The van der Waals surface area contributed by atoms with Gasteiger partial charge in [-0.2, -0.15) is 0 Å². The molecule has 0 fully saturated rings. The van der Waals surface area contributed by atoms with Crippen molar-refractivity contribution in [3.63, 3.8) is 0 Å². The molecule has 0 rings (SSSR count). The van der Waals surface area contributed by atoms with Crippen molar-refractivity contribution >= 4 is 5.91 Å². The van der Waals surface area contributed by atoms with E-state index in [1.165, 1.54) is 57.8 Å². The number of rotatable bonds is 15. The summed E-state index contributed by atoms with van der Waals surface area (Å²) < 4.78 is 0. The van der Waals surface area contributed by atoms with Gasteiger partial charge in [-0.15, -0.1) is 0 Å². The smallest absolute Gasteiger partial charge is 0.243 e. The van der Waals surface area contributed by atoms with E-state index in [0.29, 0.717) is 5.92 Å². The summed E-state index contributed by atoms with van der Waals surface area (Å²) in [6.07, 6.45) is 25.0. The van der Waals surface area contributed by atoms with E-state index in [0.717, 1.165) is 13.0 Å². The van der Waals surface area contributed by atoms with Crippen molar-refractivity contribution in [2.24, 2.45) is 5.92 Å². The van der Waals surface area contributed by atoms with E-state index in [-0.39, 0.29) is 5.91 Å². The van der Waals surface area contributed by atoms with E-state index >= 15 is 0 Å². The minimum absolute atomic E-state index is 0.00269. The number of carbonyl (C=O) groups excluding carboxylic acids is 1. The number of hydrogen-bond acceptors (Lipinski definition) is 1. The maximum absolute atomic E-state index is 11.4. The van der Waals surface area contributed by atoms with Gasteiger partial charge in [0.25, 0.3) is 0 Å². The predicted octanol–water partition coefficient (Wildman–Crippen LogP) is 6.35. The molecule has 0 saturated carbocycles. The summed E-state index contributed by atoms with van der Waals surface area (Å²) in [6.45, 7) is 7.16. The fourth-order valence-electron chi connectivity index (χ4n) is 2.29. The molecule has 0 spiro atoms. The number of nitrogens with one attached hydrogen (secondary N) is 1. The van der Waals surface area contributed by atoms with Crippen LogP contribution in [0.1, 0.15) is 85.0 Å². The molecule has 1 N–H and O–H groups in total. The normalized spacial score (nSPS) is 12.2. The Hall–Kier alpha value is -1.31. The van der Waals surface area contributed by atoms with Crippen LogP contribution in [0.4, 0.5) is 0 Å². The second-order valence-electron chi connectivity index (χ2n) is 6.89. The lowest BCUT2D eigenvalue weighted by Gasteiger charge is -2.03. The van der Waals surface area contributed by atoms with E-state index in [9.17, 15) is 4.79 Å². The van der Waals surface area contributed by atoms with Gasteiger partial charge in [0.1, 0.15) is 0 Å². The van der Waals surface area contributed by atoms with Crippen molar-refractivity contribution in [2.75, 3.05) is 6.54 Å². The fourth-order valence-corrected chi connectivity index (χ4v) is 2.29. The van der Waals surface area contributed by atoms with Gasteiger partial charge < -0.3 is 5.32 Å². The molecule has 0 radical (unpaired) electrons. The van der Waals surface area contributed by atoms with Gasteiger partial charge in [-0.05, 0) is 38.0 Å². The van der Waals surface area contributed by atoms with Gasteiger partial charge in [-0.3, -0.25) is 4.79 Å². The first-order valence-electron chi connectivity index (χ1n) is 9.92. The molecule has 24 heavy (non-hydrogen) atoms. The summed E-state index contributed by atoms with van der Waals surface area (Å²) >= 11 is 0. The number of amides is 1. The molecule has 2 nitrogen and oxygen atoms in total. The zero-order chi connectivity index (χ0) is 17.9. The second kappa shape index (κ2) is 18.0. The number of hydrogen-bond donors (Lipinski definition) is 1. The van der Waals surface area contributed by atoms with Gasteiger partial charge in [0.05, 0.1) is 0 Å². The lowest BCUT2D eigenvalue weighted by Crippen LogP contribution is -2.25. The van der Waals surface area contributed by atoms with E-state index < -0.39 is 0 Å². The van der Waals surface area contributed by atoms with Crippen molar-refractivity contribution in [3.05, 3.63) is 36.5 Å². The fraction of sp³-hybridized carbons (Fsp3) is 0.682. The minimum atomic E-state index is -0.00269. The quantitative estimate of drug-likeness (QED) is 0.161. The Morgan fingerprint density at radius 1 is 0.833 bits per heavy atom. The number of allylic oxidation sites excluding steroid dienone is 5. The highest BCUT2D eigenvalue weighted by Gasteiger charge is 1.95. The molecule has 0 bridgehead atoms. The van der Waals surface area contributed by atoms with Crippen LogP contribution in [-0.2, 0) is 4.79 Å². The molecule has 2 heteroatoms. The molecular formula is C22H39NO. The highest BCUT2D eigenvalue weighted by atomic mass is 16.1. The Morgan fingerprint density at radius 3 is 2.04 bits per heavy atom. The van der Waals surface area contributed by atoms with Crippen molar-refractivity contribution < 1.29 is 4.79 Å². The standard InChI is InChI=1S/C22H39NO/c1-4-5-6-7-8-9-10-11-12-13-14-15-16-17-18-19-22(24)23-20-21(2)3/h7-8,16-19,21H,4-6,9-15,20H2,1-3H3,(H,23,24). The monoisotopic (exact) mass is 333 g/mol. The van der Waals surface area contributed by atoms with Crippen LogP contribution in [0.25, 0.3) is 0 Å². The Morgan fingerprint density at radius 2 is 1.42 bits per heavy atom. The molecule has 138 valence electrons. The average Bonchev–Trinajstić information content (AvgIpc) is 2.56. The highest BCUT2D eigenvalue weighted by Crippen LogP contribution is 2.08. The van der Waals surface area contributed by atoms with Crippen LogP contribution in [-0.4, -0.2) is 12.5 Å². The summed E-state index contributed by atoms with van der Waals surface area (Å²) in [7, 11) is 0. The Balaban J connectivity index is 3.37. The number of unbranched alkanes of at least 4 members (excludes halogenated alkanes) is 8. The zero-order valence-corrected chi connectivity index (χ0v) is 16.2. The van der Waals surface area contributed by atoms with Gasteiger partial charge in [0.2, 0.25) is 5.91 Å². The third kappa shape index (κ3) is 18.7. The molecule has 0 heterocycles. The first-order valence-corrected chi connectivity index (χ1v) is 9.92. The van der Waals surface area contributed by atoms with Crippen LogP contribution in [0.3, 0.4) is 0 Å². The third-order valence-electron chi connectivity index (χ3n) is 3.81. The molecule has 0 saturated heterocycles. The van der Waals surface area contributed by atoms with Gasteiger partial charge in [-0.1, -0.05) is 83.3 Å². The summed E-state index contributed by atoms with van der Waals surface area (Å²) in [6, 6.07) is 0. The topological polar surface area (TPSA) is 29.1 Å². The first-order chi connectivity index (χ1) is 11.7. The molecule has 0 atom stereocenters. The van der Waals surface area contributed by atoms with Crippen LogP contribution >= 0.6 is 0 Å². The predicted molar refractivity (Wildman–Crippen MR) is 107 cm³/mol. The largest absolute Gasteiger partial charge is 0.352 e. The minimum Gasteiger partial charge on any atom is -0.352 e. The number of carbonyl (C=O) groups is 1. The van der Waals surface area contributed by atoms with Crippen LogP contribution in [0.5, 0.6) is 0 Å². The van der Waals surface area contributed by atoms with Crippen molar-refractivity contribution in [3.8, 4) is 0 Å². The van der Waals surface area contributed by atoms with E-state index in [4.69, 9.17) is 0 Å². The maximum Gasteiger partial charge on any atom is 0.243 e. The lowest BCUT2D eigenvalue weighted by atomic mass is 10.1. The maximum atomic E-state index is 11.4. The molecule has 0 aromatic heterocycles. The zero-order valence-electron chi connectivity index (χ0n) is 16.2. The highest BCUT2D eigenvalue weighted by molar-refractivity contribution is 5.87. The molecule has 0 aliphatic carbocycles. The van der Waals surface area contributed by atoms with E-state index in [1.54, 1.807) is 6.08 Å². The molecular weight excluding hydrogens is 294 g/mol. The van der Waals surface area contributed by atoms with E-state index in [2.05, 4.69) is 44.3 Å². The average molecular weight is 334 g/mol. The second-order valence-corrected chi connectivity index (χ2v) is 6.89. The van der Waals surface area contributed by atoms with Crippen molar-refractivity contribution in [1.29, 1.82) is 0 Å². The Kier molecular flexibility index (Phi) is 17.1. The van der Waals surface area contributed by atoms with Crippen LogP contribution in [0, 0.1) is 5.92 Å². The Labute approximate surface area is 150 Å². The van der Waals surface area contributed by atoms with Gasteiger partial charge in [0.15, 0.2) is 0 Å². The van der Waals surface area contributed by atoms with Gasteiger partial charge >= 0.3 is 0 Å². The summed E-state index contributed by atoms with van der Waals surface area (Å²) in [5.41, 5.74) is 0. The van der Waals surface area contributed by atoms with Crippen LogP contribution < -0.4 is 5.32 Å². The van der Waals surface area contributed by atoms with Gasteiger partial charge in [-0.25, -0.2) is 0 Å². The summed E-state index contributed by atoms with van der Waals surface area (Å²) in [4.78, 5) is 11.4. The Bertz CT molecular complexity index is 366. The molecule has 1 amide bonds. The van der Waals surface area contributed by atoms with Crippen molar-refractivity contribution in [2.45, 2.75) is 85.0 Å². The third-order valence-corrected chi connectivity index (χ3v) is 3.81. The lowest BCUT2D eigenvalue weighted by molar-refractivity contribution is -0.116. The van der Waals surface area contributed by atoms with Crippen LogP contribution in [0.15, 0.2) is 36.5 Å². The molecule has 0 aromatic rings. The van der Waals surface area contributed by atoms with Gasteiger partial charge in [0, 0.05) is 12.6 Å². The molecule has 0 aromatic carbocycles. The SMILES string of the molecule is CCCCC=CCCCCCCCC=CC=CC(=O)NCC(C)C. The first kappa shape index (κ1) is 22.7. The summed E-state index contributed by atoms with van der Waals surface area (Å²) in [5, 5.41) is 2.87. The van der Waals surface area contributed by atoms with Crippen LogP contribution in [0.2, 0.25) is 0 Å². The molecule has 0 unspecified atom stereocenters. The molecule has 0 aliphatic rings. The molecule has 0 aliphatic heterocycles. The van der Waals surface area contributed by atoms with Crippen molar-refractivity contribution in [1.82, 2.24) is 5.32 Å².